The minimum Gasteiger partial charge on any atom is -0.494 e. The Bertz CT molecular complexity index is 594. The molecule has 0 aliphatic carbocycles. The molecule has 0 bridgehead atoms. The van der Waals surface area contributed by atoms with Crippen LogP contribution in [0.3, 0.4) is 0 Å². The van der Waals surface area contributed by atoms with Gasteiger partial charge in [-0.2, -0.15) is 0 Å². The van der Waals surface area contributed by atoms with Crippen LogP contribution in [-0.4, -0.2) is 12.1 Å². The second kappa shape index (κ2) is 6.78. The molecule has 1 aromatic carbocycles. The SMILES string of the molecule is COc1cccc(CC(NN)c2cncc(Br)c2)c1F. The molecular formula is C14H15BrFN3O. The molecule has 0 spiro atoms. The van der Waals surface area contributed by atoms with E-state index in [0.29, 0.717) is 12.0 Å². The molecule has 3 N–H and O–H groups in total. The molecule has 1 aromatic heterocycles. The summed E-state index contributed by atoms with van der Waals surface area (Å²) in [5.41, 5.74) is 4.10. The molecule has 0 aliphatic heterocycles. The highest BCUT2D eigenvalue weighted by Gasteiger charge is 2.16. The highest BCUT2D eigenvalue weighted by atomic mass is 79.9. The Morgan fingerprint density at radius 3 is 2.90 bits per heavy atom. The van der Waals surface area contributed by atoms with E-state index in [9.17, 15) is 4.39 Å². The number of pyridine rings is 1. The number of hydrogen-bond acceptors (Lipinski definition) is 4. The maximum Gasteiger partial charge on any atom is 0.168 e. The highest BCUT2D eigenvalue weighted by Crippen LogP contribution is 2.25. The zero-order valence-corrected chi connectivity index (χ0v) is 12.5. The van der Waals surface area contributed by atoms with E-state index >= 15 is 0 Å². The van der Waals surface area contributed by atoms with Crippen molar-refractivity contribution < 1.29 is 9.13 Å². The second-order valence-electron chi connectivity index (χ2n) is 4.29. The Labute approximate surface area is 125 Å². The molecule has 20 heavy (non-hydrogen) atoms. The Morgan fingerprint density at radius 2 is 2.25 bits per heavy atom. The van der Waals surface area contributed by atoms with Crippen LogP contribution in [-0.2, 0) is 6.42 Å². The van der Waals surface area contributed by atoms with Crippen LogP contribution in [0.25, 0.3) is 0 Å². The van der Waals surface area contributed by atoms with Crippen molar-refractivity contribution in [2.45, 2.75) is 12.5 Å². The normalized spacial score (nSPS) is 12.2. The fraction of sp³-hybridized carbons (Fsp3) is 0.214. The van der Waals surface area contributed by atoms with Crippen LogP contribution in [0.1, 0.15) is 17.2 Å². The van der Waals surface area contributed by atoms with Crippen molar-refractivity contribution in [1.82, 2.24) is 10.4 Å². The van der Waals surface area contributed by atoms with E-state index in [-0.39, 0.29) is 17.6 Å². The molecule has 6 heteroatoms. The zero-order chi connectivity index (χ0) is 14.5. The van der Waals surface area contributed by atoms with E-state index in [0.717, 1.165) is 10.0 Å². The molecule has 1 heterocycles. The lowest BCUT2D eigenvalue weighted by molar-refractivity contribution is 0.382. The van der Waals surface area contributed by atoms with Crippen LogP contribution in [0.4, 0.5) is 4.39 Å². The highest BCUT2D eigenvalue weighted by molar-refractivity contribution is 9.10. The molecule has 0 saturated heterocycles. The van der Waals surface area contributed by atoms with Crippen LogP contribution in [0.5, 0.6) is 5.75 Å². The van der Waals surface area contributed by atoms with Crippen molar-refractivity contribution in [3.63, 3.8) is 0 Å². The summed E-state index contributed by atoms with van der Waals surface area (Å²) in [7, 11) is 1.44. The van der Waals surface area contributed by atoms with Crippen LogP contribution in [0, 0.1) is 5.82 Å². The van der Waals surface area contributed by atoms with E-state index in [2.05, 4.69) is 26.3 Å². The van der Waals surface area contributed by atoms with Gasteiger partial charge in [-0.3, -0.25) is 16.3 Å². The van der Waals surface area contributed by atoms with Crippen LogP contribution in [0.2, 0.25) is 0 Å². The quantitative estimate of drug-likeness (QED) is 0.649. The maximum atomic E-state index is 14.1. The van der Waals surface area contributed by atoms with Gasteiger partial charge in [0.15, 0.2) is 11.6 Å². The third-order valence-corrected chi connectivity index (χ3v) is 3.45. The number of benzene rings is 1. The third-order valence-electron chi connectivity index (χ3n) is 3.02. The van der Waals surface area contributed by atoms with Gasteiger partial charge in [0.2, 0.25) is 0 Å². The fourth-order valence-electron chi connectivity index (χ4n) is 1.98. The first-order chi connectivity index (χ1) is 9.65. The first-order valence-corrected chi connectivity index (χ1v) is 6.83. The molecule has 0 amide bonds. The minimum atomic E-state index is -0.363. The Kier molecular flexibility index (Phi) is 5.05. The number of rotatable bonds is 5. The lowest BCUT2D eigenvalue weighted by Gasteiger charge is -2.17. The molecular weight excluding hydrogens is 325 g/mol. The monoisotopic (exact) mass is 339 g/mol. The van der Waals surface area contributed by atoms with Gasteiger partial charge in [0, 0.05) is 16.9 Å². The smallest absolute Gasteiger partial charge is 0.168 e. The van der Waals surface area contributed by atoms with E-state index in [1.807, 2.05) is 6.07 Å². The number of ether oxygens (including phenoxy) is 1. The van der Waals surface area contributed by atoms with E-state index in [1.54, 1.807) is 30.6 Å². The van der Waals surface area contributed by atoms with Crippen molar-refractivity contribution in [3.05, 3.63) is 58.1 Å². The van der Waals surface area contributed by atoms with Crippen LogP contribution >= 0.6 is 15.9 Å². The summed E-state index contributed by atoms with van der Waals surface area (Å²) in [4.78, 5) is 4.09. The summed E-state index contributed by atoms with van der Waals surface area (Å²) in [6.45, 7) is 0. The number of aromatic nitrogens is 1. The molecule has 2 aromatic rings. The second-order valence-corrected chi connectivity index (χ2v) is 5.21. The summed E-state index contributed by atoms with van der Waals surface area (Å²) in [5.74, 6) is 5.44. The predicted octanol–water partition coefficient (Wildman–Crippen LogP) is 2.74. The number of halogens is 2. The first-order valence-electron chi connectivity index (χ1n) is 6.03. The number of hydrogen-bond donors (Lipinski definition) is 2. The van der Waals surface area contributed by atoms with Gasteiger partial charge in [-0.05, 0) is 45.6 Å². The van der Waals surface area contributed by atoms with Crippen molar-refractivity contribution in [3.8, 4) is 5.75 Å². The zero-order valence-electron chi connectivity index (χ0n) is 10.9. The van der Waals surface area contributed by atoms with Gasteiger partial charge >= 0.3 is 0 Å². The number of nitrogens with zero attached hydrogens (tertiary/aromatic N) is 1. The van der Waals surface area contributed by atoms with E-state index in [4.69, 9.17) is 10.6 Å². The van der Waals surface area contributed by atoms with Gasteiger partial charge in [-0.25, -0.2) is 4.39 Å². The van der Waals surface area contributed by atoms with Crippen molar-refractivity contribution in [2.75, 3.05) is 7.11 Å². The minimum absolute atomic E-state index is 0.227. The summed E-state index contributed by atoms with van der Waals surface area (Å²) in [6, 6.07) is 6.72. The van der Waals surface area contributed by atoms with E-state index < -0.39 is 0 Å². The summed E-state index contributed by atoms with van der Waals surface area (Å²) in [6.07, 6.45) is 3.79. The Hall–Kier alpha value is -1.50. The topological polar surface area (TPSA) is 60.2 Å². The maximum absolute atomic E-state index is 14.1. The number of nitrogens with one attached hydrogen (secondary N) is 1. The van der Waals surface area contributed by atoms with Crippen molar-refractivity contribution >= 4 is 15.9 Å². The summed E-state index contributed by atoms with van der Waals surface area (Å²) < 4.78 is 20.0. The lowest BCUT2D eigenvalue weighted by atomic mass is 10.00. The Balaban J connectivity index is 2.27. The molecule has 4 nitrogen and oxygen atoms in total. The van der Waals surface area contributed by atoms with Crippen molar-refractivity contribution in [1.29, 1.82) is 0 Å². The molecule has 106 valence electrons. The van der Waals surface area contributed by atoms with E-state index in [1.165, 1.54) is 7.11 Å². The number of hydrazine groups is 1. The van der Waals surface area contributed by atoms with Gasteiger partial charge < -0.3 is 4.74 Å². The average molecular weight is 340 g/mol. The molecule has 0 aliphatic rings. The molecule has 1 atom stereocenters. The number of methoxy groups -OCH3 is 1. The average Bonchev–Trinajstić information content (AvgIpc) is 2.46. The number of nitrogens with two attached hydrogens (primary N) is 1. The summed E-state index contributed by atoms with van der Waals surface area (Å²) in [5, 5.41) is 0. The lowest BCUT2D eigenvalue weighted by Crippen LogP contribution is -2.30. The van der Waals surface area contributed by atoms with Gasteiger partial charge in [0.1, 0.15) is 0 Å². The molecule has 0 saturated carbocycles. The molecule has 0 radical (unpaired) electrons. The van der Waals surface area contributed by atoms with Crippen LogP contribution in [0.15, 0.2) is 41.1 Å². The molecule has 2 rings (SSSR count). The predicted molar refractivity (Wildman–Crippen MR) is 78.7 cm³/mol. The molecule has 1 unspecified atom stereocenters. The first kappa shape index (κ1) is 14.9. The van der Waals surface area contributed by atoms with Gasteiger partial charge in [0.25, 0.3) is 0 Å². The largest absolute Gasteiger partial charge is 0.494 e. The third kappa shape index (κ3) is 3.33. The fourth-order valence-corrected chi connectivity index (χ4v) is 2.37. The van der Waals surface area contributed by atoms with Gasteiger partial charge in [0.05, 0.1) is 13.2 Å². The molecule has 0 fully saturated rings. The van der Waals surface area contributed by atoms with Gasteiger partial charge in [-0.1, -0.05) is 12.1 Å². The Morgan fingerprint density at radius 1 is 1.45 bits per heavy atom. The summed E-state index contributed by atoms with van der Waals surface area (Å²) >= 11 is 3.36. The van der Waals surface area contributed by atoms with Crippen molar-refractivity contribution in [2.24, 2.45) is 5.84 Å². The van der Waals surface area contributed by atoms with Crippen LogP contribution < -0.4 is 16.0 Å². The standard InChI is InChI=1S/C14H15BrFN3O/c1-20-13-4-2-3-9(14(13)16)6-12(19-17)10-5-11(15)8-18-7-10/h2-5,7-8,12,19H,6,17H2,1H3. The van der Waals surface area contributed by atoms with Gasteiger partial charge in [-0.15, -0.1) is 0 Å².